The summed E-state index contributed by atoms with van der Waals surface area (Å²) in [7, 11) is 0. The predicted molar refractivity (Wildman–Crippen MR) is 58.5 cm³/mol. The molecule has 0 amide bonds. The second-order valence-electron chi connectivity index (χ2n) is 3.46. The molecule has 0 aromatic rings. The maximum absolute atomic E-state index is 11.3. The summed E-state index contributed by atoms with van der Waals surface area (Å²) in [4.78, 5) is 21.5. The van der Waals surface area contributed by atoms with Crippen LogP contribution in [-0.4, -0.2) is 22.9 Å². The van der Waals surface area contributed by atoms with Crippen molar-refractivity contribution in [1.29, 1.82) is 0 Å². The van der Waals surface area contributed by atoms with Crippen LogP contribution in [0.1, 0.15) is 39.0 Å². The molecular weight excluding hydrogens is 194 g/mol. The summed E-state index contributed by atoms with van der Waals surface area (Å²) in [6, 6.07) is -0.652. The number of carboxylic acid groups (broad SMARTS) is 1. The number of unbranched alkanes of at least 4 members (excludes halogenated alkanes) is 2. The first-order valence-electron chi connectivity index (χ1n) is 5.24. The topological polar surface area (TPSA) is 80.4 Å². The summed E-state index contributed by atoms with van der Waals surface area (Å²) in [5, 5.41) is 8.38. The van der Waals surface area contributed by atoms with Crippen molar-refractivity contribution >= 4 is 11.8 Å². The van der Waals surface area contributed by atoms with Gasteiger partial charge >= 0.3 is 5.97 Å². The lowest BCUT2D eigenvalue weighted by atomic mass is 10.1. The first kappa shape index (κ1) is 13.8. The van der Waals surface area contributed by atoms with Gasteiger partial charge < -0.3 is 10.8 Å². The highest BCUT2D eigenvalue weighted by Gasteiger charge is 2.11. The third-order valence-electron chi connectivity index (χ3n) is 2.02. The zero-order valence-electron chi connectivity index (χ0n) is 9.11. The van der Waals surface area contributed by atoms with E-state index < -0.39 is 12.0 Å². The van der Waals surface area contributed by atoms with Gasteiger partial charge in [-0.05, 0) is 6.42 Å². The maximum Gasteiger partial charge on any atom is 0.303 e. The first-order valence-corrected chi connectivity index (χ1v) is 5.24. The zero-order chi connectivity index (χ0) is 11.7. The predicted octanol–water partition coefficient (Wildman–Crippen LogP) is 1.49. The molecule has 15 heavy (non-hydrogen) atoms. The zero-order valence-corrected chi connectivity index (χ0v) is 9.11. The fraction of sp³-hybridized carbons (Fsp3) is 0.636. The van der Waals surface area contributed by atoms with Gasteiger partial charge in [0.2, 0.25) is 0 Å². The molecule has 4 heteroatoms. The molecule has 86 valence electrons. The van der Waals surface area contributed by atoms with Crippen LogP contribution in [0.2, 0.25) is 0 Å². The number of rotatable bonds is 8. The molecule has 0 spiro atoms. The highest BCUT2D eigenvalue weighted by molar-refractivity contribution is 5.88. The Morgan fingerprint density at radius 2 is 2.07 bits per heavy atom. The van der Waals surface area contributed by atoms with Crippen molar-refractivity contribution in [1.82, 2.24) is 0 Å². The molecule has 3 N–H and O–H groups in total. The molecule has 0 bridgehead atoms. The molecule has 0 fully saturated rings. The Hall–Kier alpha value is -1.16. The average molecular weight is 213 g/mol. The van der Waals surface area contributed by atoms with Gasteiger partial charge in [-0.15, -0.1) is 0 Å². The van der Waals surface area contributed by atoms with Gasteiger partial charge in [0.15, 0.2) is 5.78 Å². The fourth-order valence-corrected chi connectivity index (χ4v) is 1.07. The van der Waals surface area contributed by atoms with Crippen molar-refractivity contribution < 1.29 is 14.7 Å². The molecule has 4 nitrogen and oxygen atoms in total. The Morgan fingerprint density at radius 3 is 2.60 bits per heavy atom. The van der Waals surface area contributed by atoms with Crippen molar-refractivity contribution in [2.24, 2.45) is 5.73 Å². The largest absolute Gasteiger partial charge is 0.481 e. The van der Waals surface area contributed by atoms with Gasteiger partial charge in [0, 0.05) is 6.42 Å². The molecule has 1 atom stereocenters. The Balaban J connectivity index is 3.77. The SMILES string of the molecule is CCCCC=CC(N)C(=O)CCC(=O)O. The molecule has 0 rings (SSSR count). The lowest BCUT2D eigenvalue weighted by molar-refractivity contribution is -0.138. The van der Waals surface area contributed by atoms with Crippen LogP contribution in [0.5, 0.6) is 0 Å². The van der Waals surface area contributed by atoms with E-state index in [1.807, 2.05) is 6.08 Å². The molecule has 0 aromatic heterocycles. The summed E-state index contributed by atoms with van der Waals surface area (Å²) in [5.41, 5.74) is 5.56. The number of ketones is 1. The van der Waals surface area contributed by atoms with E-state index in [-0.39, 0.29) is 18.6 Å². The third kappa shape index (κ3) is 7.88. The summed E-state index contributed by atoms with van der Waals surface area (Å²) >= 11 is 0. The van der Waals surface area contributed by atoms with Crippen molar-refractivity contribution in [3.05, 3.63) is 12.2 Å². The minimum absolute atomic E-state index is 0.00855. The Morgan fingerprint density at radius 1 is 1.40 bits per heavy atom. The van der Waals surface area contributed by atoms with Crippen LogP contribution in [0.3, 0.4) is 0 Å². The first-order chi connectivity index (χ1) is 7.07. The van der Waals surface area contributed by atoms with E-state index >= 15 is 0 Å². The number of Topliss-reactive ketones (excluding diaryl/α,β-unsaturated/α-hetero) is 1. The van der Waals surface area contributed by atoms with E-state index in [4.69, 9.17) is 10.8 Å². The molecule has 0 saturated carbocycles. The molecule has 0 saturated heterocycles. The number of aliphatic carboxylic acids is 1. The van der Waals surface area contributed by atoms with Crippen LogP contribution < -0.4 is 5.73 Å². The number of carbonyl (C=O) groups is 2. The maximum atomic E-state index is 11.3. The molecule has 0 aliphatic heterocycles. The second kappa shape index (κ2) is 8.17. The van der Waals surface area contributed by atoms with Crippen molar-refractivity contribution in [2.45, 2.75) is 45.1 Å². The number of hydrogen-bond acceptors (Lipinski definition) is 3. The third-order valence-corrected chi connectivity index (χ3v) is 2.02. The number of hydrogen-bond donors (Lipinski definition) is 2. The minimum atomic E-state index is -0.967. The highest BCUT2D eigenvalue weighted by atomic mass is 16.4. The van der Waals surface area contributed by atoms with Gasteiger partial charge in [-0.1, -0.05) is 31.9 Å². The van der Waals surface area contributed by atoms with Gasteiger partial charge in [0.05, 0.1) is 12.5 Å². The smallest absolute Gasteiger partial charge is 0.303 e. The van der Waals surface area contributed by atoms with Crippen LogP contribution in [0.15, 0.2) is 12.2 Å². The van der Waals surface area contributed by atoms with Crippen LogP contribution in [0.25, 0.3) is 0 Å². The standard InChI is InChI=1S/C11H19NO3/c1-2-3-4-5-6-9(12)10(13)7-8-11(14)15/h5-6,9H,2-4,7-8,12H2,1H3,(H,14,15). The van der Waals surface area contributed by atoms with Gasteiger partial charge in [0.25, 0.3) is 0 Å². The van der Waals surface area contributed by atoms with Gasteiger partial charge in [0.1, 0.15) is 0 Å². The number of carboxylic acids is 1. The number of allylic oxidation sites excluding steroid dienone is 1. The molecule has 0 radical (unpaired) electrons. The van der Waals surface area contributed by atoms with E-state index in [1.54, 1.807) is 6.08 Å². The van der Waals surface area contributed by atoms with E-state index in [0.29, 0.717) is 0 Å². The Bertz CT molecular complexity index is 236. The van der Waals surface area contributed by atoms with Gasteiger partial charge in [-0.2, -0.15) is 0 Å². The van der Waals surface area contributed by atoms with Crippen molar-refractivity contribution in [3.8, 4) is 0 Å². The molecule has 1 unspecified atom stereocenters. The number of nitrogens with two attached hydrogens (primary N) is 1. The van der Waals surface area contributed by atoms with E-state index in [0.717, 1.165) is 19.3 Å². The van der Waals surface area contributed by atoms with E-state index in [9.17, 15) is 9.59 Å². The molecule has 0 aliphatic rings. The molecule has 0 aromatic carbocycles. The van der Waals surface area contributed by atoms with Crippen molar-refractivity contribution in [2.75, 3.05) is 0 Å². The van der Waals surface area contributed by atoms with E-state index in [2.05, 4.69) is 6.92 Å². The molecular formula is C11H19NO3. The fourth-order valence-electron chi connectivity index (χ4n) is 1.07. The molecule has 0 aliphatic carbocycles. The lowest BCUT2D eigenvalue weighted by Gasteiger charge is -2.03. The van der Waals surface area contributed by atoms with E-state index in [1.165, 1.54) is 0 Å². The Labute approximate surface area is 90.2 Å². The summed E-state index contributed by atoms with van der Waals surface area (Å²) in [6.45, 7) is 2.09. The monoisotopic (exact) mass is 213 g/mol. The Kier molecular flexibility index (Phi) is 7.54. The minimum Gasteiger partial charge on any atom is -0.481 e. The lowest BCUT2D eigenvalue weighted by Crippen LogP contribution is -2.28. The highest BCUT2D eigenvalue weighted by Crippen LogP contribution is 1.99. The summed E-state index contributed by atoms with van der Waals surface area (Å²) in [5.74, 6) is -1.18. The van der Waals surface area contributed by atoms with Gasteiger partial charge in [-0.3, -0.25) is 9.59 Å². The average Bonchev–Trinajstić information content (AvgIpc) is 2.20. The normalized spacial score (nSPS) is 12.9. The van der Waals surface area contributed by atoms with Crippen LogP contribution in [0.4, 0.5) is 0 Å². The van der Waals surface area contributed by atoms with Crippen molar-refractivity contribution in [3.63, 3.8) is 0 Å². The van der Waals surface area contributed by atoms with Crippen LogP contribution in [-0.2, 0) is 9.59 Å². The number of carbonyl (C=O) groups excluding carboxylic acids is 1. The second-order valence-corrected chi connectivity index (χ2v) is 3.46. The van der Waals surface area contributed by atoms with Crippen LogP contribution in [0, 0.1) is 0 Å². The van der Waals surface area contributed by atoms with Gasteiger partial charge in [-0.25, -0.2) is 0 Å². The van der Waals surface area contributed by atoms with Crippen LogP contribution >= 0.6 is 0 Å². The molecule has 0 heterocycles. The summed E-state index contributed by atoms with van der Waals surface area (Å²) in [6.07, 6.45) is 6.49. The quantitative estimate of drug-likeness (QED) is 0.473. The summed E-state index contributed by atoms with van der Waals surface area (Å²) < 4.78 is 0.